The van der Waals surface area contributed by atoms with Gasteiger partial charge in [-0.15, -0.1) is 0 Å². The topological polar surface area (TPSA) is 27.1 Å². The lowest BCUT2D eigenvalue weighted by Gasteiger charge is -2.30. The van der Waals surface area contributed by atoms with Gasteiger partial charge in [0.25, 0.3) is 0 Å². The molecule has 2 aliphatic rings. The van der Waals surface area contributed by atoms with Crippen LogP contribution in [0.4, 0.5) is 11.4 Å². The number of rotatable bonds is 16. The highest BCUT2D eigenvalue weighted by Gasteiger charge is 2.18. The first-order valence-electron chi connectivity index (χ1n) is 19.8. The van der Waals surface area contributed by atoms with Crippen molar-refractivity contribution in [1.82, 2.24) is 0 Å². The molecule has 0 aliphatic heterocycles. The molecule has 2 nitrogen and oxygen atoms in total. The molecule has 0 saturated heterocycles. The standard InChI is InChI=1S/C47H49N.C6H7N/c1-4-7-18-41(43-34-32-42(33-35-43)40-20-11-9-12-21-40)31-28-38(17-6-3)26-27-39-29-36-46(37-30-39)48(45-23-13-10-14-24-45)47-25-16-15-22-44(47)19-8-5-2;7-5-6-3-1-2-4-6/h5-6,8-15,17,19-24,26,28-37,41H,2,4,7,16,18,25,27H2,1,3H3;1-3,5,7H,4H2/b17-6-,19-8-,31-28+,38-26+;. The van der Waals surface area contributed by atoms with Crippen molar-refractivity contribution in [1.29, 1.82) is 5.41 Å². The number of para-hydroxylation sites is 1. The fourth-order valence-corrected chi connectivity index (χ4v) is 6.82. The summed E-state index contributed by atoms with van der Waals surface area (Å²) in [5.41, 5.74) is 12.4. The van der Waals surface area contributed by atoms with E-state index in [0.29, 0.717) is 5.92 Å². The molecule has 1 N–H and O–H groups in total. The van der Waals surface area contributed by atoms with Crippen LogP contribution in [0.25, 0.3) is 11.1 Å². The van der Waals surface area contributed by atoms with E-state index in [1.807, 2.05) is 30.4 Å². The Bertz CT molecular complexity index is 2050. The van der Waals surface area contributed by atoms with Crippen molar-refractivity contribution >= 4 is 17.6 Å². The molecular weight excluding hydrogens is 665 g/mol. The smallest absolute Gasteiger partial charge is 0.0458 e. The Morgan fingerprint density at radius 1 is 0.836 bits per heavy atom. The van der Waals surface area contributed by atoms with Crippen LogP contribution in [0.1, 0.15) is 69.4 Å². The van der Waals surface area contributed by atoms with Gasteiger partial charge in [-0.1, -0.05) is 190 Å². The van der Waals surface area contributed by atoms with E-state index in [1.54, 1.807) is 0 Å². The molecule has 2 heteroatoms. The number of hydrogen-bond donors (Lipinski definition) is 1. The molecule has 0 fully saturated rings. The number of nitrogens with one attached hydrogen (secondary N) is 1. The lowest BCUT2D eigenvalue weighted by molar-refractivity contribution is 0.663. The van der Waals surface area contributed by atoms with Crippen LogP contribution in [0.2, 0.25) is 0 Å². The Hall–Kier alpha value is -5.99. The predicted molar refractivity (Wildman–Crippen MR) is 240 cm³/mol. The molecule has 278 valence electrons. The first-order valence-corrected chi connectivity index (χ1v) is 19.8. The van der Waals surface area contributed by atoms with Crippen molar-refractivity contribution in [3.63, 3.8) is 0 Å². The number of benzene rings is 4. The molecule has 0 aromatic heterocycles. The zero-order valence-corrected chi connectivity index (χ0v) is 32.7. The van der Waals surface area contributed by atoms with Crippen LogP contribution in [-0.4, -0.2) is 6.21 Å². The van der Waals surface area contributed by atoms with Crippen LogP contribution in [0.5, 0.6) is 0 Å². The second-order valence-electron chi connectivity index (χ2n) is 13.8. The zero-order valence-electron chi connectivity index (χ0n) is 32.7. The number of hydrogen-bond acceptors (Lipinski definition) is 2. The molecule has 0 bridgehead atoms. The van der Waals surface area contributed by atoms with Crippen molar-refractivity contribution in [3.05, 3.63) is 228 Å². The van der Waals surface area contributed by atoms with Gasteiger partial charge in [-0.2, -0.15) is 0 Å². The van der Waals surface area contributed by atoms with E-state index in [1.165, 1.54) is 69.5 Å². The Balaban J connectivity index is 0.000000745. The highest BCUT2D eigenvalue weighted by Crippen LogP contribution is 2.36. The lowest BCUT2D eigenvalue weighted by atomic mass is 9.91. The third kappa shape index (κ3) is 12.3. The predicted octanol–water partition coefficient (Wildman–Crippen LogP) is 14.9. The minimum atomic E-state index is 0.391. The first-order chi connectivity index (χ1) is 27.1. The molecule has 0 spiro atoms. The van der Waals surface area contributed by atoms with Gasteiger partial charge in [0.2, 0.25) is 0 Å². The second-order valence-corrected chi connectivity index (χ2v) is 13.8. The van der Waals surface area contributed by atoms with Gasteiger partial charge in [-0.3, -0.25) is 0 Å². The Morgan fingerprint density at radius 2 is 1.55 bits per heavy atom. The van der Waals surface area contributed by atoms with Gasteiger partial charge in [0.15, 0.2) is 0 Å². The minimum Gasteiger partial charge on any atom is -0.314 e. The molecule has 0 radical (unpaired) electrons. The average molecular weight is 721 g/mol. The van der Waals surface area contributed by atoms with Crippen molar-refractivity contribution in [2.24, 2.45) is 0 Å². The zero-order chi connectivity index (χ0) is 38.5. The summed E-state index contributed by atoms with van der Waals surface area (Å²) < 4.78 is 0. The fraction of sp³-hybridized carbons (Fsp3) is 0.189. The quantitative estimate of drug-likeness (QED) is 0.0905. The second kappa shape index (κ2) is 22.3. The van der Waals surface area contributed by atoms with Gasteiger partial charge in [0.1, 0.15) is 0 Å². The molecule has 1 atom stereocenters. The van der Waals surface area contributed by atoms with Gasteiger partial charge in [-0.05, 0) is 102 Å². The molecule has 4 aromatic carbocycles. The normalized spacial score (nSPS) is 14.7. The van der Waals surface area contributed by atoms with Crippen molar-refractivity contribution in [2.75, 3.05) is 4.90 Å². The molecule has 0 heterocycles. The molecule has 4 aromatic rings. The van der Waals surface area contributed by atoms with Gasteiger partial charge in [0.05, 0.1) is 0 Å². The van der Waals surface area contributed by atoms with Crippen LogP contribution < -0.4 is 4.90 Å². The Labute approximate surface area is 330 Å². The summed E-state index contributed by atoms with van der Waals surface area (Å²) in [6.07, 6.45) is 36.7. The molecule has 1 unspecified atom stereocenters. The molecule has 0 saturated carbocycles. The van der Waals surface area contributed by atoms with E-state index in [0.717, 1.165) is 37.7 Å². The van der Waals surface area contributed by atoms with E-state index in [-0.39, 0.29) is 0 Å². The first kappa shape index (κ1) is 40.2. The van der Waals surface area contributed by atoms with E-state index in [9.17, 15) is 0 Å². The number of anilines is 2. The SMILES string of the molecule is C=C/C=C\C1=C(N(c2ccccc2)c2ccc(C/C=C(\C=C/C)/C=C/C(CCCC)c3ccc(-c4ccccc4)cc3)cc2)CCC=C1.N=CC1=CC=CC1. The maximum absolute atomic E-state index is 6.77. The molecule has 6 rings (SSSR count). The van der Waals surface area contributed by atoms with Crippen molar-refractivity contribution in [3.8, 4) is 11.1 Å². The summed E-state index contributed by atoms with van der Waals surface area (Å²) in [5, 5.41) is 6.77. The van der Waals surface area contributed by atoms with Gasteiger partial charge < -0.3 is 10.3 Å². The number of allylic oxidation sites excluding steroid dienone is 17. The van der Waals surface area contributed by atoms with Crippen LogP contribution >= 0.6 is 0 Å². The largest absolute Gasteiger partial charge is 0.314 e. The number of nitrogens with zero attached hydrogens (tertiary/aromatic N) is 1. The molecule has 0 amide bonds. The monoisotopic (exact) mass is 720 g/mol. The van der Waals surface area contributed by atoms with Gasteiger partial charge in [0, 0.05) is 29.2 Å². The van der Waals surface area contributed by atoms with Crippen LogP contribution in [0.3, 0.4) is 0 Å². The molecule has 2 aliphatic carbocycles. The summed E-state index contributed by atoms with van der Waals surface area (Å²) in [5.74, 6) is 0.391. The fourth-order valence-electron chi connectivity index (χ4n) is 6.82. The summed E-state index contributed by atoms with van der Waals surface area (Å²) in [7, 11) is 0. The summed E-state index contributed by atoms with van der Waals surface area (Å²) in [4.78, 5) is 2.41. The van der Waals surface area contributed by atoms with Crippen molar-refractivity contribution in [2.45, 2.75) is 64.7 Å². The third-order valence-electron chi connectivity index (χ3n) is 9.82. The third-order valence-corrected chi connectivity index (χ3v) is 9.82. The highest BCUT2D eigenvalue weighted by molar-refractivity contribution is 5.77. The molecular formula is C53H56N2. The maximum Gasteiger partial charge on any atom is 0.0458 e. The van der Waals surface area contributed by atoms with Gasteiger partial charge in [-0.25, -0.2) is 0 Å². The minimum absolute atomic E-state index is 0.391. The summed E-state index contributed by atoms with van der Waals surface area (Å²) in [6, 6.07) is 39.5. The molecule has 55 heavy (non-hydrogen) atoms. The Kier molecular flexibility index (Phi) is 16.3. The Morgan fingerprint density at radius 3 is 2.18 bits per heavy atom. The van der Waals surface area contributed by atoms with E-state index >= 15 is 0 Å². The maximum atomic E-state index is 6.77. The average Bonchev–Trinajstić information content (AvgIpc) is 3.79. The van der Waals surface area contributed by atoms with E-state index in [2.05, 4.69) is 183 Å². The van der Waals surface area contributed by atoms with Crippen molar-refractivity contribution < 1.29 is 0 Å². The van der Waals surface area contributed by atoms with E-state index < -0.39 is 0 Å². The van der Waals surface area contributed by atoms with Crippen LogP contribution in [-0.2, 0) is 6.42 Å². The van der Waals surface area contributed by atoms with Crippen LogP contribution in [0.15, 0.2) is 217 Å². The number of unbranched alkanes of at least 4 members (excludes halogenated alkanes) is 1. The van der Waals surface area contributed by atoms with E-state index in [4.69, 9.17) is 5.41 Å². The van der Waals surface area contributed by atoms with Gasteiger partial charge >= 0.3 is 0 Å². The highest BCUT2D eigenvalue weighted by atomic mass is 15.1. The van der Waals surface area contributed by atoms with Crippen LogP contribution in [0, 0.1) is 5.41 Å². The lowest BCUT2D eigenvalue weighted by Crippen LogP contribution is -2.19. The summed E-state index contributed by atoms with van der Waals surface area (Å²) >= 11 is 0. The summed E-state index contributed by atoms with van der Waals surface area (Å²) in [6.45, 7) is 8.25.